The first-order valence-corrected chi connectivity index (χ1v) is 5.84. The zero-order chi connectivity index (χ0) is 14.7. The molecule has 2 aromatic rings. The predicted octanol–water partition coefficient (Wildman–Crippen LogP) is 2.52. The number of nitrogens with zero attached hydrogens (tertiary/aromatic N) is 2. The first kappa shape index (κ1) is 13.4. The van der Waals surface area contributed by atoms with Crippen molar-refractivity contribution in [2.75, 3.05) is 7.11 Å². The number of benzene rings is 1. The number of hydrogen-bond donors (Lipinski definition) is 1. The van der Waals surface area contributed by atoms with Gasteiger partial charge in [0.25, 0.3) is 0 Å². The van der Waals surface area contributed by atoms with Crippen molar-refractivity contribution in [3.63, 3.8) is 0 Å². The molecule has 1 heterocycles. The van der Waals surface area contributed by atoms with Crippen molar-refractivity contribution in [1.82, 2.24) is 4.98 Å². The molecule has 0 radical (unpaired) electrons. The molecule has 1 N–H and O–H groups in total. The van der Waals surface area contributed by atoms with Gasteiger partial charge in [-0.2, -0.15) is 10.5 Å². The Morgan fingerprint density at radius 3 is 2.35 bits per heavy atom. The third-order valence-corrected chi connectivity index (χ3v) is 2.99. The van der Waals surface area contributed by atoms with Crippen LogP contribution >= 0.6 is 0 Å². The minimum atomic E-state index is -0.565. The van der Waals surface area contributed by atoms with E-state index in [1.54, 1.807) is 31.2 Å². The second-order valence-corrected chi connectivity index (χ2v) is 4.17. The molecule has 0 aliphatic carbocycles. The van der Waals surface area contributed by atoms with Crippen LogP contribution in [0.5, 0.6) is 0 Å². The van der Waals surface area contributed by atoms with Gasteiger partial charge in [0.1, 0.15) is 17.3 Å². The number of aromatic nitrogens is 1. The Bertz CT molecular complexity index is 743. The molecule has 0 bridgehead atoms. The van der Waals surface area contributed by atoms with Crippen LogP contribution in [0.1, 0.15) is 27.3 Å². The summed E-state index contributed by atoms with van der Waals surface area (Å²) >= 11 is 0. The summed E-state index contributed by atoms with van der Waals surface area (Å²) in [6.45, 7) is 1.78. The van der Waals surface area contributed by atoms with Gasteiger partial charge in [-0.3, -0.25) is 0 Å². The Morgan fingerprint density at radius 1 is 1.20 bits per heavy atom. The summed E-state index contributed by atoms with van der Waals surface area (Å²) < 4.78 is 4.74. The number of ether oxygens (including phenoxy) is 1. The van der Waals surface area contributed by atoms with Gasteiger partial charge >= 0.3 is 5.97 Å². The zero-order valence-corrected chi connectivity index (χ0v) is 11.0. The number of aryl methyl sites for hydroxylation is 1. The number of esters is 1. The molecule has 0 amide bonds. The SMILES string of the molecule is COC(=O)c1c(C#N)[nH]c(C)c1-c1ccc(C#N)cc1. The minimum Gasteiger partial charge on any atom is -0.465 e. The van der Waals surface area contributed by atoms with E-state index in [0.29, 0.717) is 16.8 Å². The Kier molecular flexibility index (Phi) is 3.54. The molecule has 0 unspecified atom stereocenters. The number of hydrogen-bond acceptors (Lipinski definition) is 4. The highest BCUT2D eigenvalue weighted by atomic mass is 16.5. The maximum absolute atomic E-state index is 11.9. The Morgan fingerprint density at radius 2 is 1.85 bits per heavy atom. The molecule has 0 fully saturated rings. The first-order chi connectivity index (χ1) is 9.62. The summed E-state index contributed by atoms with van der Waals surface area (Å²) in [6.07, 6.45) is 0. The zero-order valence-electron chi connectivity index (χ0n) is 11.0. The number of carbonyl (C=O) groups is 1. The van der Waals surface area contributed by atoms with Crippen molar-refractivity contribution in [3.8, 4) is 23.3 Å². The fourth-order valence-corrected chi connectivity index (χ4v) is 2.09. The van der Waals surface area contributed by atoms with Crippen LogP contribution in [0, 0.1) is 29.6 Å². The number of nitriles is 2. The summed E-state index contributed by atoms with van der Waals surface area (Å²) in [7, 11) is 1.27. The molecule has 0 saturated carbocycles. The van der Waals surface area contributed by atoms with Gasteiger partial charge in [-0.15, -0.1) is 0 Å². The lowest BCUT2D eigenvalue weighted by Crippen LogP contribution is -2.04. The molecule has 1 aromatic carbocycles. The highest BCUT2D eigenvalue weighted by Crippen LogP contribution is 2.30. The Labute approximate surface area is 116 Å². The number of nitrogens with one attached hydrogen (secondary N) is 1. The monoisotopic (exact) mass is 265 g/mol. The van der Waals surface area contributed by atoms with Crippen molar-refractivity contribution in [2.24, 2.45) is 0 Å². The fraction of sp³-hybridized carbons (Fsp3) is 0.133. The predicted molar refractivity (Wildman–Crippen MR) is 71.7 cm³/mol. The maximum Gasteiger partial charge on any atom is 0.341 e. The van der Waals surface area contributed by atoms with E-state index in [4.69, 9.17) is 15.3 Å². The highest BCUT2D eigenvalue weighted by Gasteiger charge is 2.23. The molecule has 20 heavy (non-hydrogen) atoms. The lowest BCUT2D eigenvalue weighted by atomic mass is 9.99. The van der Waals surface area contributed by atoms with Crippen LogP contribution in [0.15, 0.2) is 24.3 Å². The van der Waals surface area contributed by atoms with E-state index in [9.17, 15) is 4.79 Å². The van der Waals surface area contributed by atoms with Gasteiger partial charge < -0.3 is 9.72 Å². The van der Waals surface area contributed by atoms with Crippen LogP contribution in [0.2, 0.25) is 0 Å². The average Bonchev–Trinajstić information content (AvgIpc) is 2.83. The largest absolute Gasteiger partial charge is 0.465 e. The van der Waals surface area contributed by atoms with Crippen LogP contribution in [0.4, 0.5) is 0 Å². The van der Waals surface area contributed by atoms with Crippen molar-refractivity contribution in [2.45, 2.75) is 6.92 Å². The van der Waals surface area contributed by atoms with Crippen LogP contribution in [0.3, 0.4) is 0 Å². The molecule has 0 aliphatic heterocycles. The summed E-state index contributed by atoms with van der Waals surface area (Å²) in [5.41, 5.74) is 3.00. The topological polar surface area (TPSA) is 89.7 Å². The van der Waals surface area contributed by atoms with E-state index in [2.05, 4.69) is 4.98 Å². The normalized spacial score (nSPS) is 9.60. The van der Waals surface area contributed by atoms with Crippen LogP contribution < -0.4 is 0 Å². The van der Waals surface area contributed by atoms with Crippen molar-refractivity contribution >= 4 is 5.97 Å². The van der Waals surface area contributed by atoms with E-state index in [-0.39, 0.29) is 11.3 Å². The molecule has 1 aromatic heterocycles. The van der Waals surface area contributed by atoms with E-state index in [1.165, 1.54) is 7.11 Å². The maximum atomic E-state index is 11.9. The molecule has 0 atom stereocenters. The molecular weight excluding hydrogens is 254 g/mol. The Hall–Kier alpha value is -3.05. The lowest BCUT2D eigenvalue weighted by molar-refractivity contribution is 0.0601. The molecule has 5 nitrogen and oxygen atoms in total. The fourth-order valence-electron chi connectivity index (χ4n) is 2.09. The van der Waals surface area contributed by atoms with Gasteiger partial charge in [0.15, 0.2) is 0 Å². The molecule has 0 aliphatic rings. The Balaban J connectivity index is 2.67. The first-order valence-electron chi connectivity index (χ1n) is 5.84. The van der Waals surface area contributed by atoms with E-state index < -0.39 is 5.97 Å². The van der Waals surface area contributed by atoms with Gasteiger partial charge in [-0.05, 0) is 24.6 Å². The number of rotatable bonds is 2. The molecule has 98 valence electrons. The lowest BCUT2D eigenvalue weighted by Gasteiger charge is -2.05. The quantitative estimate of drug-likeness (QED) is 0.845. The summed E-state index contributed by atoms with van der Waals surface area (Å²) in [4.78, 5) is 14.8. The van der Waals surface area contributed by atoms with E-state index in [0.717, 1.165) is 5.56 Å². The van der Waals surface area contributed by atoms with Gasteiger partial charge in [-0.1, -0.05) is 12.1 Å². The number of methoxy groups -OCH3 is 1. The second kappa shape index (κ2) is 5.29. The minimum absolute atomic E-state index is 0.175. The number of aromatic amines is 1. The van der Waals surface area contributed by atoms with Gasteiger partial charge in [0.2, 0.25) is 0 Å². The van der Waals surface area contributed by atoms with Crippen LogP contribution in [0.25, 0.3) is 11.1 Å². The molecule has 0 spiro atoms. The van der Waals surface area contributed by atoms with E-state index in [1.807, 2.05) is 12.1 Å². The standard InChI is InChI=1S/C15H11N3O2/c1-9-13(11-5-3-10(7-16)4-6-11)14(15(19)20-2)12(8-17)18-9/h3-6,18H,1-2H3. The molecule has 0 saturated heterocycles. The average molecular weight is 265 g/mol. The van der Waals surface area contributed by atoms with Crippen LogP contribution in [-0.4, -0.2) is 18.1 Å². The third-order valence-electron chi connectivity index (χ3n) is 2.99. The number of carbonyl (C=O) groups excluding carboxylic acids is 1. The number of H-pyrrole nitrogens is 1. The van der Waals surface area contributed by atoms with Crippen molar-refractivity contribution < 1.29 is 9.53 Å². The molecule has 2 rings (SSSR count). The second-order valence-electron chi connectivity index (χ2n) is 4.17. The van der Waals surface area contributed by atoms with Gasteiger partial charge in [-0.25, -0.2) is 4.79 Å². The summed E-state index contributed by atoms with van der Waals surface area (Å²) in [5, 5.41) is 17.9. The van der Waals surface area contributed by atoms with E-state index >= 15 is 0 Å². The third kappa shape index (κ3) is 2.13. The smallest absolute Gasteiger partial charge is 0.341 e. The summed E-state index contributed by atoms with van der Waals surface area (Å²) in [5.74, 6) is -0.565. The van der Waals surface area contributed by atoms with Gasteiger partial charge in [0.05, 0.1) is 18.7 Å². The van der Waals surface area contributed by atoms with Crippen LogP contribution in [-0.2, 0) is 4.74 Å². The highest BCUT2D eigenvalue weighted by molar-refractivity contribution is 6.00. The molecule has 5 heteroatoms. The van der Waals surface area contributed by atoms with Crippen molar-refractivity contribution in [1.29, 1.82) is 10.5 Å². The summed E-state index contributed by atoms with van der Waals surface area (Å²) in [6, 6.07) is 10.8. The van der Waals surface area contributed by atoms with Crippen molar-refractivity contribution in [3.05, 3.63) is 46.8 Å². The van der Waals surface area contributed by atoms with Gasteiger partial charge in [0, 0.05) is 11.3 Å². The molecular formula is C15H11N3O2.